The van der Waals surface area contributed by atoms with Gasteiger partial charge in [-0.25, -0.2) is 4.79 Å². The number of hydrogen-bond donors (Lipinski definition) is 2. The molecule has 0 bridgehead atoms. The summed E-state index contributed by atoms with van der Waals surface area (Å²) in [6.45, 7) is 5.22. The number of carbonyl (C=O) groups excluding carboxylic acids is 2. The maximum Gasteiger partial charge on any atom is 0.321 e. The van der Waals surface area contributed by atoms with E-state index in [1.165, 1.54) is 0 Å². The summed E-state index contributed by atoms with van der Waals surface area (Å²) in [5.41, 5.74) is 2.56. The van der Waals surface area contributed by atoms with Gasteiger partial charge in [-0.2, -0.15) is 0 Å². The van der Waals surface area contributed by atoms with Crippen molar-refractivity contribution in [3.05, 3.63) is 48.0 Å². The van der Waals surface area contributed by atoms with Crippen LogP contribution < -0.4 is 20.1 Å². The number of likely N-dealkylation sites (tertiary alicyclic amines) is 1. The zero-order chi connectivity index (χ0) is 22.4. The maximum absolute atomic E-state index is 12.8. The molecule has 1 heterocycles. The van der Waals surface area contributed by atoms with Crippen molar-refractivity contribution in [2.45, 2.75) is 26.7 Å². The molecule has 1 aliphatic rings. The molecule has 0 unspecified atom stereocenters. The first-order chi connectivity index (χ1) is 14.9. The Morgan fingerprint density at radius 2 is 1.68 bits per heavy atom. The Labute approximate surface area is 183 Å². The van der Waals surface area contributed by atoms with Crippen molar-refractivity contribution in [3.63, 3.8) is 0 Å². The van der Waals surface area contributed by atoms with Gasteiger partial charge in [0, 0.05) is 30.8 Å². The number of ether oxygens (including phenoxy) is 2. The van der Waals surface area contributed by atoms with Crippen LogP contribution in [0.5, 0.6) is 11.5 Å². The van der Waals surface area contributed by atoms with Crippen molar-refractivity contribution >= 4 is 23.3 Å². The summed E-state index contributed by atoms with van der Waals surface area (Å²) in [5.74, 6) is 1.22. The molecule has 31 heavy (non-hydrogen) atoms. The fourth-order valence-electron chi connectivity index (χ4n) is 3.80. The molecule has 1 fully saturated rings. The summed E-state index contributed by atoms with van der Waals surface area (Å²) in [4.78, 5) is 27.2. The number of nitrogens with one attached hydrogen (secondary N) is 2. The average Bonchev–Trinajstić information content (AvgIpc) is 2.80. The minimum Gasteiger partial charge on any atom is -0.497 e. The van der Waals surface area contributed by atoms with Gasteiger partial charge in [0.05, 0.1) is 19.9 Å². The van der Waals surface area contributed by atoms with Crippen LogP contribution in [0.3, 0.4) is 0 Å². The van der Waals surface area contributed by atoms with E-state index in [1.807, 2.05) is 43.0 Å². The van der Waals surface area contributed by atoms with E-state index in [2.05, 4.69) is 10.6 Å². The predicted molar refractivity (Wildman–Crippen MR) is 122 cm³/mol. The van der Waals surface area contributed by atoms with E-state index < -0.39 is 0 Å². The monoisotopic (exact) mass is 425 g/mol. The van der Waals surface area contributed by atoms with E-state index in [-0.39, 0.29) is 23.8 Å². The zero-order valence-corrected chi connectivity index (χ0v) is 18.6. The molecule has 7 heteroatoms. The summed E-state index contributed by atoms with van der Waals surface area (Å²) in [6, 6.07) is 13.0. The van der Waals surface area contributed by atoms with Gasteiger partial charge in [0.25, 0.3) is 0 Å². The first kappa shape index (κ1) is 22.5. The smallest absolute Gasteiger partial charge is 0.321 e. The van der Waals surface area contributed by atoms with Crippen molar-refractivity contribution in [1.29, 1.82) is 0 Å². The lowest BCUT2D eigenvalue weighted by Gasteiger charge is -2.34. The molecule has 7 nitrogen and oxygen atoms in total. The summed E-state index contributed by atoms with van der Waals surface area (Å²) in [7, 11) is 3.15. The first-order valence-electron chi connectivity index (χ1n) is 10.6. The van der Waals surface area contributed by atoms with Gasteiger partial charge in [-0.05, 0) is 49.9 Å². The van der Waals surface area contributed by atoms with Gasteiger partial charge in [0.1, 0.15) is 11.5 Å². The quantitative estimate of drug-likeness (QED) is 0.713. The molecular formula is C24H31N3O4. The lowest BCUT2D eigenvalue weighted by atomic mass is 9.85. The van der Waals surface area contributed by atoms with E-state index in [1.54, 1.807) is 32.4 Å². The number of hydrogen-bond acceptors (Lipinski definition) is 4. The molecule has 1 atom stereocenters. The number of benzene rings is 2. The third kappa shape index (κ3) is 5.69. The fourth-order valence-corrected chi connectivity index (χ4v) is 3.80. The molecule has 1 saturated heterocycles. The second-order valence-corrected chi connectivity index (χ2v) is 7.96. The molecule has 2 aromatic rings. The Morgan fingerprint density at radius 3 is 2.29 bits per heavy atom. The first-order valence-corrected chi connectivity index (χ1v) is 10.6. The van der Waals surface area contributed by atoms with Crippen LogP contribution >= 0.6 is 0 Å². The van der Waals surface area contributed by atoms with Crippen LogP contribution in [-0.2, 0) is 4.79 Å². The number of methoxy groups -OCH3 is 2. The second-order valence-electron chi connectivity index (χ2n) is 7.96. The number of carbonyl (C=O) groups is 2. The molecule has 3 rings (SSSR count). The SMILES string of the molecule is COc1ccc(NC(=O)[C@@H](C)C2CCN(C(=O)Nc3ccc(C)cc3)CC2)c(OC)c1. The summed E-state index contributed by atoms with van der Waals surface area (Å²) in [6.07, 6.45) is 1.57. The van der Waals surface area contributed by atoms with Crippen LogP contribution in [0.25, 0.3) is 0 Å². The Hall–Kier alpha value is -3.22. The van der Waals surface area contributed by atoms with Crippen LogP contribution in [0.15, 0.2) is 42.5 Å². The highest BCUT2D eigenvalue weighted by atomic mass is 16.5. The highest BCUT2D eigenvalue weighted by molar-refractivity contribution is 5.94. The highest BCUT2D eigenvalue weighted by Gasteiger charge is 2.30. The number of piperidine rings is 1. The van der Waals surface area contributed by atoms with Crippen LogP contribution in [0.1, 0.15) is 25.3 Å². The lowest BCUT2D eigenvalue weighted by molar-refractivity contribution is -0.121. The lowest BCUT2D eigenvalue weighted by Crippen LogP contribution is -2.43. The van der Waals surface area contributed by atoms with Crippen LogP contribution in [-0.4, -0.2) is 44.1 Å². The van der Waals surface area contributed by atoms with E-state index in [9.17, 15) is 9.59 Å². The standard InChI is InChI=1S/C24H31N3O4/c1-16-5-7-19(8-6-16)25-24(29)27-13-11-18(12-14-27)17(2)23(28)26-21-10-9-20(30-3)15-22(21)31-4/h5-10,15,17-18H,11-14H2,1-4H3,(H,25,29)(H,26,28)/t17-/m0/s1. The van der Waals surface area contributed by atoms with Crippen molar-refractivity contribution < 1.29 is 19.1 Å². The van der Waals surface area contributed by atoms with Gasteiger partial charge in [-0.3, -0.25) is 4.79 Å². The van der Waals surface area contributed by atoms with Crippen LogP contribution in [0, 0.1) is 18.8 Å². The van der Waals surface area contributed by atoms with E-state index >= 15 is 0 Å². The van der Waals surface area contributed by atoms with Gasteiger partial charge < -0.3 is 25.0 Å². The fraction of sp³-hybridized carbons (Fsp3) is 0.417. The van der Waals surface area contributed by atoms with Gasteiger partial charge in [-0.1, -0.05) is 24.6 Å². The van der Waals surface area contributed by atoms with Crippen molar-refractivity contribution in [1.82, 2.24) is 4.90 Å². The predicted octanol–water partition coefficient (Wildman–Crippen LogP) is 4.53. The zero-order valence-electron chi connectivity index (χ0n) is 18.6. The number of urea groups is 1. The Bertz CT molecular complexity index is 906. The summed E-state index contributed by atoms with van der Waals surface area (Å²) < 4.78 is 10.6. The third-order valence-electron chi connectivity index (χ3n) is 5.92. The molecule has 0 aliphatic carbocycles. The molecule has 1 aliphatic heterocycles. The maximum atomic E-state index is 12.8. The van der Waals surface area contributed by atoms with Gasteiger partial charge in [0.2, 0.25) is 5.91 Å². The third-order valence-corrected chi connectivity index (χ3v) is 5.92. The van der Waals surface area contributed by atoms with Crippen molar-refractivity contribution in [3.8, 4) is 11.5 Å². The largest absolute Gasteiger partial charge is 0.497 e. The molecular weight excluding hydrogens is 394 g/mol. The number of aryl methyl sites for hydroxylation is 1. The van der Waals surface area contributed by atoms with E-state index in [4.69, 9.17) is 9.47 Å². The molecule has 0 aromatic heterocycles. The number of amides is 3. The molecule has 2 aromatic carbocycles. The Morgan fingerprint density at radius 1 is 1.00 bits per heavy atom. The number of nitrogens with zero attached hydrogens (tertiary/aromatic N) is 1. The van der Waals surface area contributed by atoms with E-state index in [0.29, 0.717) is 30.3 Å². The van der Waals surface area contributed by atoms with Crippen LogP contribution in [0.2, 0.25) is 0 Å². The Balaban J connectivity index is 1.52. The molecule has 0 spiro atoms. The Kier molecular flexibility index (Phi) is 7.39. The van der Waals surface area contributed by atoms with Crippen molar-refractivity contribution in [2.75, 3.05) is 37.9 Å². The van der Waals surface area contributed by atoms with Gasteiger partial charge >= 0.3 is 6.03 Å². The highest BCUT2D eigenvalue weighted by Crippen LogP contribution is 2.31. The second kappa shape index (κ2) is 10.2. The van der Waals surface area contributed by atoms with E-state index in [0.717, 1.165) is 24.1 Å². The molecule has 2 N–H and O–H groups in total. The normalized spacial score (nSPS) is 15.2. The molecule has 3 amide bonds. The van der Waals surface area contributed by atoms with Crippen LogP contribution in [0.4, 0.5) is 16.2 Å². The topological polar surface area (TPSA) is 79.9 Å². The molecule has 0 radical (unpaired) electrons. The van der Waals surface area contributed by atoms with Gasteiger partial charge in [-0.15, -0.1) is 0 Å². The summed E-state index contributed by atoms with van der Waals surface area (Å²) in [5, 5.41) is 5.91. The minimum atomic E-state index is -0.172. The molecule has 0 saturated carbocycles. The number of anilines is 2. The van der Waals surface area contributed by atoms with Gasteiger partial charge in [0.15, 0.2) is 0 Å². The summed E-state index contributed by atoms with van der Waals surface area (Å²) >= 11 is 0. The number of rotatable bonds is 6. The molecule has 166 valence electrons. The average molecular weight is 426 g/mol. The minimum absolute atomic E-state index is 0.0500. The van der Waals surface area contributed by atoms with Crippen molar-refractivity contribution in [2.24, 2.45) is 11.8 Å².